The van der Waals surface area contributed by atoms with Crippen LogP contribution in [-0.4, -0.2) is 55.0 Å². The lowest BCUT2D eigenvalue weighted by molar-refractivity contribution is -0.141. The molecule has 0 saturated heterocycles. The van der Waals surface area contributed by atoms with E-state index in [0.717, 1.165) is 17.5 Å². The lowest BCUT2D eigenvalue weighted by atomic mass is 9.93. The molecule has 1 atom stereocenters. The van der Waals surface area contributed by atoms with E-state index in [-0.39, 0.29) is 24.4 Å². The van der Waals surface area contributed by atoms with Crippen molar-refractivity contribution in [2.24, 2.45) is 0 Å². The van der Waals surface area contributed by atoms with Gasteiger partial charge >= 0.3 is 0 Å². The number of ether oxygens (including phenoxy) is 1. The minimum atomic E-state index is -0.288. The van der Waals surface area contributed by atoms with Gasteiger partial charge in [0.2, 0.25) is 11.8 Å². The van der Waals surface area contributed by atoms with Gasteiger partial charge in [0.15, 0.2) is 0 Å². The zero-order valence-electron chi connectivity index (χ0n) is 15.8. The van der Waals surface area contributed by atoms with Gasteiger partial charge in [-0.25, -0.2) is 0 Å². The van der Waals surface area contributed by atoms with Gasteiger partial charge in [0, 0.05) is 42.0 Å². The van der Waals surface area contributed by atoms with E-state index in [1.807, 2.05) is 22.4 Å². The topological polar surface area (TPSA) is 49.9 Å². The zero-order chi connectivity index (χ0) is 20.3. The fourth-order valence-corrected chi connectivity index (χ4v) is 4.86. The van der Waals surface area contributed by atoms with Crippen molar-refractivity contribution in [1.82, 2.24) is 9.80 Å². The molecule has 1 aromatic heterocycles. The molecule has 0 aliphatic carbocycles. The van der Waals surface area contributed by atoms with E-state index in [1.54, 1.807) is 30.6 Å². The Labute approximate surface area is 178 Å². The van der Waals surface area contributed by atoms with Gasteiger partial charge in [-0.3, -0.25) is 9.59 Å². The van der Waals surface area contributed by atoms with E-state index < -0.39 is 0 Å². The highest BCUT2D eigenvalue weighted by molar-refractivity contribution is 7.10. The molecule has 0 fully saturated rings. The van der Waals surface area contributed by atoms with Crippen molar-refractivity contribution in [2.45, 2.75) is 19.4 Å². The summed E-state index contributed by atoms with van der Waals surface area (Å²) in [5.74, 6) is -0.265. The molecule has 0 bridgehead atoms. The summed E-state index contributed by atoms with van der Waals surface area (Å²) in [5, 5.41) is 3.11. The Bertz CT molecular complexity index is 871. The van der Waals surface area contributed by atoms with Crippen molar-refractivity contribution in [2.75, 3.05) is 33.4 Å². The number of hydrogen-bond acceptors (Lipinski definition) is 4. The normalized spacial score (nSPS) is 16.0. The Morgan fingerprint density at radius 3 is 2.75 bits per heavy atom. The molecule has 5 nitrogen and oxygen atoms in total. The second-order valence-corrected chi connectivity index (χ2v) is 8.48. The van der Waals surface area contributed by atoms with Gasteiger partial charge in [-0.05, 0) is 41.1 Å². The minimum absolute atomic E-state index is 0.0138. The molecule has 0 spiro atoms. The van der Waals surface area contributed by atoms with Gasteiger partial charge in [-0.1, -0.05) is 29.3 Å². The molecule has 8 heteroatoms. The Morgan fingerprint density at radius 1 is 1.29 bits per heavy atom. The summed E-state index contributed by atoms with van der Waals surface area (Å²) in [6, 6.07) is 7.11. The van der Waals surface area contributed by atoms with E-state index in [1.165, 1.54) is 16.7 Å². The summed E-state index contributed by atoms with van der Waals surface area (Å²) >= 11 is 14.2. The number of fused-ring (bicyclic) bond motifs is 1. The monoisotopic (exact) mass is 440 g/mol. The maximum atomic E-state index is 13.2. The molecule has 0 N–H and O–H groups in total. The molecule has 0 radical (unpaired) electrons. The quantitative estimate of drug-likeness (QED) is 0.681. The van der Waals surface area contributed by atoms with Crippen LogP contribution >= 0.6 is 34.5 Å². The Hall–Kier alpha value is -1.60. The lowest BCUT2D eigenvalue weighted by Crippen LogP contribution is -2.47. The number of amides is 2. The highest BCUT2D eigenvalue weighted by Gasteiger charge is 2.34. The third-order valence-corrected chi connectivity index (χ3v) is 6.44. The van der Waals surface area contributed by atoms with Crippen LogP contribution in [0.25, 0.3) is 0 Å². The van der Waals surface area contributed by atoms with Crippen molar-refractivity contribution in [3.63, 3.8) is 0 Å². The molecule has 28 heavy (non-hydrogen) atoms. The summed E-state index contributed by atoms with van der Waals surface area (Å²) in [6.45, 7) is 2.81. The first-order valence-electron chi connectivity index (χ1n) is 8.97. The van der Waals surface area contributed by atoms with Gasteiger partial charge in [0.25, 0.3) is 0 Å². The first kappa shape index (κ1) is 21.1. The molecule has 1 aliphatic heterocycles. The predicted octanol–water partition coefficient (Wildman–Crippen LogP) is 4.02. The van der Waals surface area contributed by atoms with Crippen molar-refractivity contribution in [3.05, 3.63) is 55.7 Å². The van der Waals surface area contributed by atoms with E-state index in [9.17, 15) is 9.59 Å². The molecule has 150 valence electrons. The maximum Gasteiger partial charge on any atom is 0.242 e. The van der Waals surface area contributed by atoms with Crippen molar-refractivity contribution in [1.29, 1.82) is 0 Å². The number of nitrogens with zero attached hydrogens (tertiary/aromatic N) is 2. The number of hydrogen-bond donors (Lipinski definition) is 0. The number of rotatable bonds is 6. The molecule has 2 aromatic rings. The summed E-state index contributed by atoms with van der Waals surface area (Å²) in [5.41, 5.74) is 1.92. The number of benzene rings is 1. The van der Waals surface area contributed by atoms with Crippen molar-refractivity contribution < 1.29 is 14.3 Å². The van der Waals surface area contributed by atoms with Crippen LogP contribution in [0.1, 0.15) is 29.0 Å². The molecule has 2 amide bonds. The molecule has 1 aromatic carbocycles. The van der Waals surface area contributed by atoms with Crippen LogP contribution in [-0.2, 0) is 20.7 Å². The fraction of sp³-hybridized carbons (Fsp3) is 0.400. The molecule has 2 heterocycles. The van der Waals surface area contributed by atoms with Crippen LogP contribution in [0.15, 0.2) is 29.6 Å². The summed E-state index contributed by atoms with van der Waals surface area (Å²) in [6.07, 6.45) is 0.790. The molecule has 0 saturated carbocycles. The molecule has 1 aliphatic rings. The summed E-state index contributed by atoms with van der Waals surface area (Å²) in [4.78, 5) is 29.7. The maximum absolute atomic E-state index is 13.2. The van der Waals surface area contributed by atoms with Crippen LogP contribution in [0.5, 0.6) is 0 Å². The fourth-order valence-electron chi connectivity index (χ4n) is 3.45. The Kier molecular flexibility index (Phi) is 6.99. The van der Waals surface area contributed by atoms with Crippen LogP contribution in [0.4, 0.5) is 0 Å². The van der Waals surface area contributed by atoms with Crippen molar-refractivity contribution >= 4 is 46.4 Å². The smallest absolute Gasteiger partial charge is 0.242 e. The number of halogens is 2. The van der Waals surface area contributed by atoms with E-state index >= 15 is 0 Å². The van der Waals surface area contributed by atoms with Gasteiger partial charge < -0.3 is 14.5 Å². The van der Waals surface area contributed by atoms with Crippen LogP contribution in [0.3, 0.4) is 0 Å². The van der Waals surface area contributed by atoms with Gasteiger partial charge in [0.1, 0.15) is 0 Å². The highest BCUT2D eigenvalue weighted by Crippen LogP contribution is 2.41. The predicted molar refractivity (Wildman–Crippen MR) is 112 cm³/mol. The van der Waals surface area contributed by atoms with Gasteiger partial charge in [0.05, 0.1) is 19.2 Å². The van der Waals surface area contributed by atoms with E-state index in [0.29, 0.717) is 29.7 Å². The molecular weight excluding hydrogens is 419 g/mol. The third-order valence-electron chi connectivity index (χ3n) is 4.88. The van der Waals surface area contributed by atoms with Crippen LogP contribution in [0, 0.1) is 0 Å². The van der Waals surface area contributed by atoms with Crippen molar-refractivity contribution in [3.8, 4) is 0 Å². The van der Waals surface area contributed by atoms with Crippen LogP contribution < -0.4 is 0 Å². The number of carbonyl (C=O) groups excluding carboxylic acids is 2. The molecule has 3 rings (SSSR count). The van der Waals surface area contributed by atoms with E-state index in [4.69, 9.17) is 27.9 Å². The number of methoxy groups -OCH3 is 1. The third kappa shape index (κ3) is 4.51. The summed E-state index contributed by atoms with van der Waals surface area (Å²) < 4.78 is 5.06. The van der Waals surface area contributed by atoms with E-state index in [2.05, 4.69) is 0 Å². The lowest BCUT2D eigenvalue weighted by Gasteiger charge is -2.38. The SMILES string of the molecule is COCCN(CC(=O)N1CCc2sccc2C1c1ccc(Cl)cc1Cl)C(C)=O. The zero-order valence-corrected chi connectivity index (χ0v) is 18.1. The average molecular weight is 441 g/mol. The second-order valence-electron chi connectivity index (χ2n) is 6.64. The Morgan fingerprint density at radius 2 is 2.07 bits per heavy atom. The highest BCUT2D eigenvalue weighted by atomic mass is 35.5. The standard InChI is InChI=1S/C20H22Cl2N2O3S/c1-13(25)23(8-9-27-2)12-19(26)24-7-5-18-16(6-10-28-18)20(24)15-4-3-14(21)11-17(15)22/h3-4,6,10-11,20H,5,7-9,12H2,1-2H3. The van der Waals surface area contributed by atoms with Crippen LogP contribution in [0.2, 0.25) is 10.0 Å². The summed E-state index contributed by atoms with van der Waals surface area (Å²) in [7, 11) is 1.57. The largest absolute Gasteiger partial charge is 0.383 e. The first-order valence-corrected chi connectivity index (χ1v) is 10.6. The minimum Gasteiger partial charge on any atom is -0.383 e. The molecule has 1 unspecified atom stereocenters. The second kappa shape index (κ2) is 9.27. The number of thiophene rings is 1. The average Bonchev–Trinajstić information content (AvgIpc) is 3.13. The first-order chi connectivity index (χ1) is 13.4. The Balaban J connectivity index is 1.92. The molecular formula is C20H22Cl2N2O3S. The van der Waals surface area contributed by atoms with Gasteiger partial charge in [-0.2, -0.15) is 0 Å². The van der Waals surface area contributed by atoms with Gasteiger partial charge in [-0.15, -0.1) is 11.3 Å². The number of carbonyl (C=O) groups is 2.